The van der Waals surface area contributed by atoms with Crippen molar-refractivity contribution in [2.24, 2.45) is 5.11 Å². The smallest absolute Gasteiger partial charge is 0.0720 e. The molecule has 0 spiro atoms. The maximum absolute atomic E-state index is 8.66. The van der Waals surface area contributed by atoms with Gasteiger partial charge < -0.3 is 4.74 Å². The molecule has 0 saturated heterocycles. The zero-order chi connectivity index (χ0) is 14.6. The second-order valence-electron chi connectivity index (χ2n) is 4.85. The van der Waals surface area contributed by atoms with Gasteiger partial charge in [0.25, 0.3) is 0 Å². The van der Waals surface area contributed by atoms with E-state index in [0.717, 1.165) is 31.2 Å². The van der Waals surface area contributed by atoms with Crippen LogP contribution in [0.5, 0.6) is 0 Å². The van der Waals surface area contributed by atoms with Gasteiger partial charge in [-0.05, 0) is 37.3 Å². The molecule has 2 atom stereocenters. The highest BCUT2D eigenvalue weighted by molar-refractivity contribution is 5.13. The van der Waals surface area contributed by atoms with Gasteiger partial charge in [0.05, 0.1) is 18.8 Å². The number of allylic oxidation sites excluding steroid dienone is 1. The van der Waals surface area contributed by atoms with Crippen LogP contribution in [-0.4, -0.2) is 12.1 Å². The largest absolute Gasteiger partial charge is 0.373 e. The molecular weight excluding hydrogens is 250 g/mol. The molecule has 0 unspecified atom stereocenters. The molecule has 0 fully saturated rings. The second kappa shape index (κ2) is 10.1. The Kier molecular flexibility index (Phi) is 8.20. The highest BCUT2D eigenvalue weighted by Gasteiger charge is 2.16. The third-order valence-electron chi connectivity index (χ3n) is 3.26. The third-order valence-corrected chi connectivity index (χ3v) is 3.26. The molecule has 0 radical (unpaired) electrons. The van der Waals surface area contributed by atoms with Crippen molar-refractivity contribution in [3.8, 4) is 0 Å². The number of azide groups is 1. The van der Waals surface area contributed by atoms with Gasteiger partial charge in [0.1, 0.15) is 0 Å². The molecule has 0 saturated carbocycles. The molecule has 0 N–H and O–H groups in total. The fourth-order valence-electron chi connectivity index (χ4n) is 2.01. The average molecular weight is 273 g/mol. The summed E-state index contributed by atoms with van der Waals surface area (Å²) in [4.78, 5) is 2.94. The first-order chi connectivity index (χ1) is 9.77. The van der Waals surface area contributed by atoms with E-state index in [4.69, 9.17) is 10.3 Å². The van der Waals surface area contributed by atoms with Gasteiger partial charge in [0, 0.05) is 4.91 Å². The van der Waals surface area contributed by atoms with Crippen molar-refractivity contribution >= 4 is 0 Å². The second-order valence-corrected chi connectivity index (χ2v) is 4.85. The summed E-state index contributed by atoms with van der Waals surface area (Å²) in [6.45, 7) is 6.22. The van der Waals surface area contributed by atoms with E-state index in [1.807, 2.05) is 43.3 Å². The average Bonchev–Trinajstić information content (AvgIpc) is 2.49. The fraction of sp³-hybridized carbons (Fsp3) is 0.500. The van der Waals surface area contributed by atoms with Crippen LogP contribution >= 0.6 is 0 Å². The van der Waals surface area contributed by atoms with Crippen molar-refractivity contribution in [2.45, 2.75) is 51.4 Å². The first kappa shape index (κ1) is 16.3. The molecule has 0 aliphatic heterocycles. The summed E-state index contributed by atoms with van der Waals surface area (Å²) in [6.07, 6.45) is 5.80. The lowest BCUT2D eigenvalue weighted by molar-refractivity contribution is 0.0338. The Bertz CT molecular complexity index is 427. The lowest BCUT2D eigenvalue weighted by Gasteiger charge is -2.20. The summed E-state index contributed by atoms with van der Waals surface area (Å²) in [6, 6.07) is 9.91. The molecule has 108 valence electrons. The van der Waals surface area contributed by atoms with Crippen LogP contribution in [0.3, 0.4) is 0 Å². The third kappa shape index (κ3) is 6.41. The van der Waals surface area contributed by atoms with Crippen LogP contribution in [0.2, 0.25) is 0 Å². The Balaban J connectivity index is 2.40. The van der Waals surface area contributed by atoms with Gasteiger partial charge >= 0.3 is 0 Å². The molecule has 0 aliphatic carbocycles. The Labute approximate surface area is 121 Å². The maximum Gasteiger partial charge on any atom is 0.0720 e. The van der Waals surface area contributed by atoms with E-state index in [9.17, 15) is 0 Å². The summed E-state index contributed by atoms with van der Waals surface area (Å²) in [5.74, 6) is 0. The minimum atomic E-state index is -0.103. The van der Waals surface area contributed by atoms with Crippen LogP contribution in [-0.2, 0) is 11.3 Å². The number of hydrogen-bond donors (Lipinski definition) is 0. The predicted molar refractivity (Wildman–Crippen MR) is 82.3 cm³/mol. The zero-order valence-corrected chi connectivity index (χ0v) is 12.1. The first-order valence-corrected chi connectivity index (χ1v) is 7.08. The molecule has 0 aromatic heterocycles. The van der Waals surface area contributed by atoms with Crippen molar-refractivity contribution in [1.82, 2.24) is 0 Å². The normalized spacial score (nSPS) is 13.2. The fourth-order valence-corrected chi connectivity index (χ4v) is 2.01. The minimum absolute atomic E-state index is 0.0742. The quantitative estimate of drug-likeness (QED) is 0.194. The Hall–Kier alpha value is -1.77. The van der Waals surface area contributed by atoms with Crippen LogP contribution in [0, 0.1) is 0 Å². The van der Waals surface area contributed by atoms with Gasteiger partial charge in [0.2, 0.25) is 0 Å². The van der Waals surface area contributed by atoms with E-state index >= 15 is 0 Å². The molecule has 0 heterocycles. The van der Waals surface area contributed by atoms with E-state index in [-0.39, 0.29) is 12.1 Å². The van der Waals surface area contributed by atoms with Crippen LogP contribution in [0.1, 0.15) is 38.2 Å². The Morgan fingerprint density at radius 3 is 2.75 bits per heavy atom. The molecule has 20 heavy (non-hydrogen) atoms. The number of hydrogen-bond acceptors (Lipinski definition) is 2. The lowest BCUT2D eigenvalue weighted by atomic mass is 10.0. The molecular formula is C16H23N3O. The molecule has 4 heteroatoms. The Morgan fingerprint density at radius 2 is 2.10 bits per heavy atom. The van der Waals surface area contributed by atoms with Gasteiger partial charge in [-0.3, -0.25) is 0 Å². The molecule has 4 nitrogen and oxygen atoms in total. The van der Waals surface area contributed by atoms with Crippen LogP contribution in [0.15, 0.2) is 48.1 Å². The van der Waals surface area contributed by atoms with Crippen LogP contribution < -0.4 is 0 Å². The number of unbranched alkanes of at least 4 members (excludes halogenated alkanes) is 2. The maximum atomic E-state index is 8.66. The van der Waals surface area contributed by atoms with Crippen molar-refractivity contribution in [3.63, 3.8) is 0 Å². The summed E-state index contributed by atoms with van der Waals surface area (Å²) >= 11 is 0. The van der Waals surface area contributed by atoms with Crippen molar-refractivity contribution in [3.05, 3.63) is 59.0 Å². The first-order valence-electron chi connectivity index (χ1n) is 7.08. The number of rotatable bonds is 10. The lowest BCUT2D eigenvalue weighted by Crippen LogP contribution is -2.24. The van der Waals surface area contributed by atoms with Crippen molar-refractivity contribution in [1.29, 1.82) is 0 Å². The molecule has 1 aromatic carbocycles. The Morgan fingerprint density at radius 1 is 1.35 bits per heavy atom. The number of benzene rings is 1. The minimum Gasteiger partial charge on any atom is -0.373 e. The SMILES string of the molecule is C=CCCCC[C@@H](N=[N+]=[N-])[C@H](C)OCc1ccccc1. The van der Waals surface area contributed by atoms with Gasteiger partial charge in [-0.1, -0.05) is 47.9 Å². The highest BCUT2D eigenvalue weighted by atomic mass is 16.5. The van der Waals surface area contributed by atoms with E-state index in [1.54, 1.807) is 0 Å². The van der Waals surface area contributed by atoms with Crippen molar-refractivity contribution < 1.29 is 4.74 Å². The van der Waals surface area contributed by atoms with E-state index < -0.39 is 0 Å². The van der Waals surface area contributed by atoms with Gasteiger partial charge in [0.15, 0.2) is 0 Å². The van der Waals surface area contributed by atoms with Gasteiger partial charge in [-0.2, -0.15) is 0 Å². The summed E-state index contributed by atoms with van der Waals surface area (Å²) in [7, 11) is 0. The predicted octanol–water partition coefficient (Wildman–Crippen LogP) is 5.02. The molecule has 1 aromatic rings. The van der Waals surface area contributed by atoms with Gasteiger partial charge in [-0.25, -0.2) is 0 Å². The monoisotopic (exact) mass is 273 g/mol. The van der Waals surface area contributed by atoms with Gasteiger partial charge in [-0.15, -0.1) is 6.58 Å². The number of ether oxygens (including phenoxy) is 1. The zero-order valence-electron chi connectivity index (χ0n) is 12.1. The standard InChI is InChI=1S/C16H23N3O/c1-3-4-5-9-12-16(18-19-17)14(2)20-13-15-10-7-6-8-11-15/h3,6-8,10-11,14,16H,1,4-5,9,12-13H2,2H3/t14-,16+/m0/s1. The van der Waals surface area contributed by atoms with Crippen LogP contribution in [0.25, 0.3) is 10.4 Å². The van der Waals surface area contributed by atoms with Crippen LogP contribution in [0.4, 0.5) is 0 Å². The molecule has 0 amide bonds. The van der Waals surface area contributed by atoms with E-state index in [0.29, 0.717) is 6.61 Å². The van der Waals surface area contributed by atoms with E-state index in [2.05, 4.69) is 16.6 Å². The molecule has 1 rings (SSSR count). The van der Waals surface area contributed by atoms with Crippen molar-refractivity contribution in [2.75, 3.05) is 0 Å². The molecule has 0 bridgehead atoms. The summed E-state index contributed by atoms with van der Waals surface area (Å²) < 4.78 is 5.81. The van der Waals surface area contributed by atoms with E-state index in [1.165, 1.54) is 0 Å². The summed E-state index contributed by atoms with van der Waals surface area (Å²) in [5, 5.41) is 3.86. The molecule has 0 aliphatic rings. The number of nitrogens with zero attached hydrogens (tertiary/aromatic N) is 3. The highest BCUT2D eigenvalue weighted by Crippen LogP contribution is 2.15. The summed E-state index contributed by atoms with van der Waals surface area (Å²) in [5.41, 5.74) is 9.79. The topological polar surface area (TPSA) is 58.0 Å².